The van der Waals surface area contributed by atoms with E-state index >= 15 is 0 Å². The van der Waals surface area contributed by atoms with Crippen LogP contribution < -0.4 is 16.0 Å². The quantitative estimate of drug-likeness (QED) is 0.756. The third-order valence-corrected chi connectivity index (χ3v) is 4.48. The Morgan fingerprint density at radius 3 is 2.75 bits per heavy atom. The molecule has 1 aliphatic heterocycles. The number of hydrogen-bond acceptors (Lipinski definition) is 5. The van der Waals surface area contributed by atoms with Crippen LogP contribution in [-0.4, -0.2) is 27.6 Å². The lowest BCUT2D eigenvalue weighted by Gasteiger charge is -2.30. The number of aromatic nitrogens is 2. The van der Waals surface area contributed by atoms with E-state index in [-0.39, 0.29) is 23.3 Å². The van der Waals surface area contributed by atoms with E-state index < -0.39 is 6.29 Å². The number of nitrogens with zero attached hydrogens (tertiary/aromatic N) is 3. The van der Waals surface area contributed by atoms with Gasteiger partial charge < -0.3 is 10.6 Å². The summed E-state index contributed by atoms with van der Waals surface area (Å²) in [5.41, 5.74) is 1.32. The summed E-state index contributed by atoms with van der Waals surface area (Å²) in [6.07, 6.45) is -0.180. The molecule has 3 rings (SSSR count). The number of nitriles is 1. The first-order chi connectivity index (χ1) is 13.2. The fourth-order valence-corrected chi connectivity index (χ4v) is 2.96. The van der Waals surface area contributed by atoms with Gasteiger partial charge in [0.15, 0.2) is 6.29 Å². The maximum atomic E-state index is 12.7. The smallest absolute Gasteiger partial charge is 0.256 e. The summed E-state index contributed by atoms with van der Waals surface area (Å²) in [5, 5.41) is 22.7. The average Bonchev–Trinajstić information content (AvgIpc) is 3.05. The number of carbonyl (C=O) groups excluding carboxylic acids is 2. The molecule has 8 heteroatoms. The fraction of sp³-hybridized carbons (Fsp3) is 0.400. The Bertz CT molecular complexity index is 950. The van der Waals surface area contributed by atoms with Gasteiger partial charge in [0.05, 0.1) is 17.3 Å². The molecule has 2 aromatic rings. The van der Waals surface area contributed by atoms with Crippen molar-refractivity contribution in [2.75, 3.05) is 5.32 Å². The van der Waals surface area contributed by atoms with E-state index in [9.17, 15) is 9.59 Å². The number of carbonyl (C=O) groups is 2. The zero-order chi connectivity index (χ0) is 20.5. The molecule has 2 heterocycles. The molecule has 0 aliphatic carbocycles. The molecular formula is C20H24N6O2. The lowest BCUT2D eigenvalue weighted by Crippen LogP contribution is -2.52. The summed E-state index contributed by atoms with van der Waals surface area (Å²) in [6, 6.07) is 10.3. The molecule has 28 heavy (non-hydrogen) atoms. The molecule has 2 unspecified atom stereocenters. The third-order valence-electron chi connectivity index (χ3n) is 4.48. The van der Waals surface area contributed by atoms with Crippen LogP contribution in [0.15, 0.2) is 30.3 Å². The molecule has 1 aliphatic rings. The summed E-state index contributed by atoms with van der Waals surface area (Å²) < 4.78 is 1.58. The topological polar surface area (TPSA) is 112 Å². The molecule has 0 saturated carbocycles. The lowest BCUT2D eigenvalue weighted by atomic mass is 9.92. The van der Waals surface area contributed by atoms with Gasteiger partial charge in [-0.3, -0.25) is 14.9 Å². The van der Waals surface area contributed by atoms with Gasteiger partial charge in [-0.2, -0.15) is 10.4 Å². The minimum absolute atomic E-state index is 0.0168. The van der Waals surface area contributed by atoms with Crippen LogP contribution in [-0.2, 0) is 10.2 Å². The second kappa shape index (κ2) is 7.44. The summed E-state index contributed by atoms with van der Waals surface area (Å²) >= 11 is 0. The molecule has 8 nitrogen and oxygen atoms in total. The molecule has 1 aromatic carbocycles. The van der Waals surface area contributed by atoms with Gasteiger partial charge in [0.2, 0.25) is 5.91 Å². The van der Waals surface area contributed by atoms with Crippen LogP contribution in [0.25, 0.3) is 0 Å². The number of anilines is 1. The van der Waals surface area contributed by atoms with Gasteiger partial charge in [-0.25, -0.2) is 4.68 Å². The van der Waals surface area contributed by atoms with Crippen molar-refractivity contribution >= 4 is 17.6 Å². The predicted octanol–water partition coefficient (Wildman–Crippen LogP) is 2.26. The lowest BCUT2D eigenvalue weighted by molar-refractivity contribution is -0.125. The van der Waals surface area contributed by atoms with E-state index in [1.807, 2.05) is 33.8 Å². The van der Waals surface area contributed by atoms with Gasteiger partial charge in [0.25, 0.3) is 5.91 Å². The Labute approximate surface area is 163 Å². The molecule has 0 radical (unpaired) electrons. The Kier molecular flexibility index (Phi) is 5.21. The maximum Gasteiger partial charge on any atom is 0.256 e. The van der Waals surface area contributed by atoms with Crippen molar-refractivity contribution in [3.8, 4) is 6.07 Å². The van der Waals surface area contributed by atoms with Gasteiger partial charge in [0, 0.05) is 29.5 Å². The van der Waals surface area contributed by atoms with Crippen molar-refractivity contribution in [2.24, 2.45) is 0 Å². The molecule has 2 amide bonds. The number of hydrogen-bond donors (Lipinski definition) is 3. The first-order valence-electron chi connectivity index (χ1n) is 9.14. The van der Waals surface area contributed by atoms with Crippen molar-refractivity contribution in [3.63, 3.8) is 0 Å². The Morgan fingerprint density at radius 2 is 2.11 bits per heavy atom. The van der Waals surface area contributed by atoms with Gasteiger partial charge in [-0.05, 0) is 25.1 Å². The van der Waals surface area contributed by atoms with Crippen molar-refractivity contribution < 1.29 is 9.59 Å². The van der Waals surface area contributed by atoms with Gasteiger partial charge in [-0.1, -0.05) is 26.8 Å². The number of benzene rings is 1. The summed E-state index contributed by atoms with van der Waals surface area (Å²) in [6.45, 7) is 8.00. The van der Waals surface area contributed by atoms with Gasteiger partial charge in [-0.15, -0.1) is 0 Å². The van der Waals surface area contributed by atoms with Crippen LogP contribution >= 0.6 is 0 Å². The second-order valence-corrected chi connectivity index (χ2v) is 8.00. The zero-order valence-electron chi connectivity index (χ0n) is 16.4. The Hall–Kier alpha value is -3.18. The third kappa shape index (κ3) is 4.21. The molecule has 1 aromatic heterocycles. The summed E-state index contributed by atoms with van der Waals surface area (Å²) in [4.78, 5) is 24.7. The largest absolute Gasteiger partial charge is 0.322 e. The van der Waals surface area contributed by atoms with Crippen molar-refractivity contribution in [3.05, 3.63) is 47.2 Å². The SMILES string of the molecule is CC1CC(=O)NC(n2nc(C(C)(C)C)cc2NC(=O)c2cccc(C#N)c2)N1. The Balaban J connectivity index is 1.94. The fourth-order valence-electron chi connectivity index (χ4n) is 2.96. The maximum absolute atomic E-state index is 12.7. The zero-order valence-corrected chi connectivity index (χ0v) is 16.4. The van der Waals surface area contributed by atoms with Gasteiger partial charge in [0.1, 0.15) is 5.82 Å². The van der Waals surface area contributed by atoms with E-state index in [1.54, 1.807) is 28.9 Å². The van der Waals surface area contributed by atoms with E-state index in [1.165, 1.54) is 6.07 Å². The number of nitrogens with one attached hydrogen (secondary N) is 3. The number of rotatable bonds is 3. The summed E-state index contributed by atoms with van der Waals surface area (Å²) in [5.74, 6) is 0.0288. The molecule has 2 atom stereocenters. The van der Waals surface area contributed by atoms with Crippen LogP contribution in [0.5, 0.6) is 0 Å². The van der Waals surface area contributed by atoms with Crippen LogP contribution in [0, 0.1) is 11.3 Å². The molecular weight excluding hydrogens is 356 g/mol. The van der Waals surface area contributed by atoms with Crippen molar-refractivity contribution in [1.29, 1.82) is 5.26 Å². The highest BCUT2D eigenvalue weighted by Gasteiger charge is 2.29. The monoisotopic (exact) mass is 380 g/mol. The second-order valence-electron chi connectivity index (χ2n) is 8.00. The van der Waals surface area contributed by atoms with Crippen LogP contribution in [0.3, 0.4) is 0 Å². The van der Waals surface area contributed by atoms with Crippen molar-refractivity contribution in [2.45, 2.75) is 51.9 Å². The van der Waals surface area contributed by atoms with Gasteiger partial charge >= 0.3 is 0 Å². The molecule has 1 saturated heterocycles. The normalized spacial score (nSPS) is 19.6. The number of amides is 2. The van der Waals surface area contributed by atoms with E-state index in [4.69, 9.17) is 5.26 Å². The summed E-state index contributed by atoms with van der Waals surface area (Å²) in [7, 11) is 0. The van der Waals surface area contributed by atoms with Crippen LogP contribution in [0.2, 0.25) is 0 Å². The molecule has 0 bridgehead atoms. The first-order valence-corrected chi connectivity index (χ1v) is 9.14. The van der Waals surface area contributed by atoms with E-state index in [0.717, 1.165) is 5.69 Å². The Morgan fingerprint density at radius 1 is 1.36 bits per heavy atom. The minimum atomic E-state index is -0.562. The molecule has 146 valence electrons. The average molecular weight is 380 g/mol. The highest BCUT2D eigenvalue weighted by Crippen LogP contribution is 2.26. The van der Waals surface area contributed by atoms with Crippen LogP contribution in [0.4, 0.5) is 5.82 Å². The minimum Gasteiger partial charge on any atom is -0.322 e. The van der Waals surface area contributed by atoms with E-state index in [0.29, 0.717) is 23.4 Å². The van der Waals surface area contributed by atoms with Crippen molar-refractivity contribution in [1.82, 2.24) is 20.4 Å². The standard InChI is InChI=1S/C20H24N6O2/c1-12-8-17(27)24-19(22-12)26-16(10-15(25-26)20(2,3)4)23-18(28)14-7-5-6-13(9-14)11-21/h5-7,9-10,12,19,22H,8H2,1-4H3,(H,23,28)(H,24,27). The van der Waals surface area contributed by atoms with E-state index in [2.05, 4.69) is 21.0 Å². The molecule has 0 spiro atoms. The predicted molar refractivity (Wildman–Crippen MR) is 104 cm³/mol. The first kappa shape index (κ1) is 19.6. The highest BCUT2D eigenvalue weighted by molar-refractivity contribution is 6.04. The molecule has 3 N–H and O–H groups in total. The van der Waals surface area contributed by atoms with Crippen LogP contribution in [0.1, 0.15) is 62.0 Å². The highest BCUT2D eigenvalue weighted by atomic mass is 16.2. The molecule has 1 fully saturated rings.